The van der Waals surface area contributed by atoms with Crippen LogP contribution in [0.1, 0.15) is 18.1 Å². The molecular formula is C25H20N2O3. The Morgan fingerprint density at radius 1 is 0.967 bits per heavy atom. The van der Waals surface area contributed by atoms with Crippen LogP contribution in [0.25, 0.3) is 28.2 Å². The van der Waals surface area contributed by atoms with Crippen LogP contribution in [-0.2, 0) is 11.2 Å². The van der Waals surface area contributed by atoms with Gasteiger partial charge in [0.25, 0.3) is 5.69 Å². The fourth-order valence-corrected chi connectivity index (χ4v) is 3.67. The number of aromatic nitrogens is 1. The first-order chi connectivity index (χ1) is 14.5. The first-order valence-electron chi connectivity index (χ1n) is 9.64. The van der Waals surface area contributed by atoms with Gasteiger partial charge in [0.15, 0.2) is 5.78 Å². The highest BCUT2D eigenvalue weighted by Gasteiger charge is 2.18. The summed E-state index contributed by atoms with van der Waals surface area (Å²) in [7, 11) is 0. The van der Waals surface area contributed by atoms with Gasteiger partial charge in [-0.05, 0) is 36.3 Å². The lowest BCUT2D eigenvalue weighted by Gasteiger charge is -2.08. The molecular weight excluding hydrogens is 376 g/mol. The molecule has 0 bridgehead atoms. The van der Waals surface area contributed by atoms with Crippen molar-refractivity contribution in [2.24, 2.45) is 0 Å². The van der Waals surface area contributed by atoms with Crippen molar-refractivity contribution in [1.82, 2.24) is 4.98 Å². The predicted molar refractivity (Wildman–Crippen MR) is 119 cm³/mol. The average molecular weight is 396 g/mol. The Hall–Kier alpha value is -3.99. The number of nitro groups is 1. The Morgan fingerprint density at radius 3 is 2.37 bits per heavy atom. The second-order valence-corrected chi connectivity index (χ2v) is 7.11. The molecule has 30 heavy (non-hydrogen) atoms. The standard InChI is InChI=1S/C25H20N2O3/c1-17(28)20(15-19-11-5-8-14-24(19)27(29)30)16-22-21-12-6-7-13-23(21)26-25(22)18-9-3-2-4-10-18/h2-15,26H,16H2,1H3/b20-15-. The number of aromatic amines is 1. The topological polar surface area (TPSA) is 76.0 Å². The highest BCUT2D eigenvalue weighted by atomic mass is 16.6. The van der Waals surface area contributed by atoms with Crippen LogP contribution in [0.2, 0.25) is 0 Å². The number of benzene rings is 3. The van der Waals surface area contributed by atoms with E-state index in [2.05, 4.69) is 4.98 Å². The van der Waals surface area contributed by atoms with E-state index in [9.17, 15) is 14.9 Å². The minimum atomic E-state index is -0.426. The molecule has 0 amide bonds. The predicted octanol–water partition coefficient (Wildman–Crippen LogP) is 5.96. The van der Waals surface area contributed by atoms with Gasteiger partial charge in [-0.2, -0.15) is 0 Å². The molecule has 5 nitrogen and oxygen atoms in total. The molecule has 0 aliphatic heterocycles. The largest absolute Gasteiger partial charge is 0.354 e. The first-order valence-corrected chi connectivity index (χ1v) is 9.64. The molecule has 0 spiro atoms. The number of rotatable bonds is 6. The van der Waals surface area contributed by atoms with E-state index < -0.39 is 4.92 Å². The molecule has 1 heterocycles. The van der Waals surface area contributed by atoms with Gasteiger partial charge < -0.3 is 4.98 Å². The molecule has 0 aliphatic rings. The summed E-state index contributed by atoms with van der Waals surface area (Å²) in [4.78, 5) is 26.9. The Labute approximate surface area is 173 Å². The monoisotopic (exact) mass is 396 g/mol. The van der Waals surface area contributed by atoms with Gasteiger partial charge in [0, 0.05) is 29.0 Å². The normalized spacial score (nSPS) is 11.6. The Bertz CT molecular complexity index is 1270. The number of nitro benzene ring substituents is 1. The van der Waals surface area contributed by atoms with Crippen LogP contribution in [0.5, 0.6) is 0 Å². The van der Waals surface area contributed by atoms with Gasteiger partial charge in [0.05, 0.1) is 16.2 Å². The molecule has 5 heteroatoms. The maximum Gasteiger partial charge on any atom is 0.276 e. The zero-order valence-electron chi connectivity index (χ0n) is 16.5. The van der Waals surface area contributed by atoms with E-state index in [1.807, 2.05) is 54.6 Å². The lowest BCUT2D eigenvalue weighted by Crippen LogP contribution is -2.02. The molecule has 1 N–H and O–H groups in total. The second kappa shape index (κ2) is 8.17. The number of hydrogen-bond acceptors (Lipinski definition) is 3. The molecule has 0 fully saturated rings. The molecule has 4 rings (SSSR count). The number of allylic oxidation sites excluding steroid dienone is 1. The number of fused-ring (bicyclic) bond motifs is 1. The molecule has 0 saturated carbocycles. The van der Waals surface area contributed by atoms with Gasteiger partial charge in [-0.25, -0.2) is 0 Å². The summed E-state index contributed by atoms with van der Waals surface area (Å²) < 4.78 is 0. The molecule has 4 aromatic rings. The van der Waals surface area contributed by atoms with Crippen molar-refractivity contribution in [2.45, 2.75) is 13.3 Å². The summed E-state index contributed by atoms with van der Waals surface area (Å²) >= 11 is 0. The fourth-order valence-electron chi connectivity index (χ4n) is 3.67. The molecule has 0 radical (unpaired) electrons. The Morgan fingerprint density at radius 2 is 1.63 bits per heavy atom. The summed E-state index contributed by atoms with van der Waals surface area (Å²) in [5.74, 6) is -0.113. The van der Waals surface area contributed by atoms with Gasteiger partial charge in [0.1, 0.15) is 0 Å². The molecule has 0 unspecified atom stereocenters. The van der Waals surface area contributed by atoms with Gasteiger partial charge in [-0.1, -0.05) is 60.7 Å². The Kier molecular flexibility index (Phi) is 5.26. The molecule has 0 saturated heterocycles. The van der Waals surface area contributed by atoms with Gasteiger partial charge in [-0.3, -0.25) is 14.9 Å². The minimum absolute atomic E-state index is 0.0153. The smallest absolute Gasteiger partial charge is 0.276 e. The van der Waals surface area contributed by atoms with Crippen LogP contribution >= 0.6 is 0 Å². The van der Waals surface area contributed by atoms with E-state index in [4.69, 9.17) is 0 Å². The number of para-hydroxylation sites is 2. The van der Waals surface area contributed by atoms with E-state index in [1.54, 1.807) is 24.3 Å². The number of carbonyl (C=O) groups excluding carboxylic acids is 1. The van der Waals surface area contributed by atoms with Gasteiger partial charge in [-0.15, -0.1) is 0 Å². The van der Waals surface area contributed by atoms with Crippen molar-refractivity contribution in [3.05, 3.63) is 106 Å². The summed E-state index contributed by atoms with van der Waals surface area (Å²) in [5, 5.41) is 12.4. The van der Waals surface area contributed by atoms with Crippen LogP contribution in [0.4, 0.5) is 5.69 Å². The van der Waals surface area contributed by atoms with E-state index in [-0.39, 0.29) is 11.5 Å². The van der Waals surface area contributed by atoms with E-state index in [0.717, 1.165) is 27.7 Å². The lowest BCUT2D eigenvalue weighted by atomic mass is 9.95. The van der Waals surface area contributed by atoms with Crippen molar-refractivity contribution in [2.75, 3.05) is 0 Å². The zero-order valence-corrected chi connectivity index (χ0v) is 16.5. The van der Waals surface area contributed by atoms with Crippen molar-refractivity contribution in [3.8, 4) is 11.3 Å². The van der Waals surface area contributed by atoms with Crippen LogP contribution in [-0.4, -0.2) is 15.7 Å². The van der Waals surface area contributed by atoms with E-state index in [1.165, 1.54) is 13.0 Å². The Balaban J connectivity index is 1.86. The van der Waals surface area contributed by atoms with Crippen molar-refractivity contribution < 1.29 is 9.72 Å². The minimum Gasteiger partial charge on any atom is -0.354 e. The van der Waals surface area contributed by atoms with E-state index >= 15 is 0 Å². The molecule has 0 atom stereocenters. The van der Waals surface area contributed by atoms with Gasteiger partial charge >= 0.3 is 0 Å². The number of hydrogen-bond donors (Lipinski definition) is 1. The van der Waals surface area contributed by atoms with Crippen LogP contribution in [0.15, 0.2) is 84.4 Å². The number of Topliss-reactive ketones (excluding diaryl/α,β-unsaturated/α-hetero) is 1. The third-order valence-corrected chi connectivity index (χ3v) is 5.16. The van der Waals surface area contributed by atoms with Crippen LogP contribution in [0, 0.1) is 10.1 Å². The number of nitrogens with zero attached hydrogens (tertiary/aromatic N) is 1. The fraction of sp³-hybridized carbons (Fsp3) is 0.0800. The zero-order chi connectivity index (χ0) is 21.1. The number of ketones is 1. The SMILES string of the molecule is CC(=O)/C(=C\c1ccccc1[N+](=O)[O-])Cc1c(-c2ccccc2)[nH]c2ccccc12. The highest BCUT2D eigenvalue weighted by Crippen LogP contribution is 2.33. The number of nitrogens with one attached hydrogen (secondary N) is 1. The van der Waals surface area contributed by atoms with E-state index in [0.29, 0.717) is 17.6 Å². The van der Waals surface area contributed by atoms with Crippen molar-refractivity contribution in [3.63, 3.8) is 0 Å². The first kappa shape index (κ1) is 19.3. The molecule has 3 aromatic carbocycles. The van der Waals surface area contributed by atoms with Crippen molar-refractivity contribution >= 4 is 28.4 Å². The van der Waals surface area contributed by atoms with Crippen LogP contribution < -0.4 is 0 Å². The highest BCUT2D eigenvalue weighted by molar-refractivity contribution is 6.00. The maximum absolute atomic E-state index is 12.5. The second-order valence-electron chi connectivity index (χ2n) is 7.11. The third kappa shape index (κ3) is 3.78. The summed E-state index contributed by atoms with van der Waals surface area (Å²) in [6, 6.07) is 24.4. The maximum atomic E-state index is 12.5. The molecule has 148 valence electrons. The third-order valence-electron chi connectivity index (χ3n) is 5.16. The van der Waals surface area contributed by atoms with Crippen LogP contribution in [0.3, 0.4) is 0 Å². The molecule has 0 aliphatic carbocycles. The summed E-state index contributed by atoms with van der Waals surface area (Å²) in [5.41, 5.74) is 4.89. The molecule has 1 aromatic heterocycles. The summed E-state index contributed by atoms with van der Waals surface area (Å²) in [6.45, 7) is 1.50. The summed E-state index contributed by atoms with van der Waals surface area (Å²) in [6.07, 6.45) is 2.01. The van der Waals surface area contributed by atoms with Crippen molar-refractivity contribution in [1.29, 1.82) is 0 Å². The number of H-pyrrole nitrogens is 1. The quantitative estimate of drug-likeness (QED) is 0.248. The average Bonchev–Trinajstić information content (AvgIpc) is 3.12. The number of carbonyl (C=O) groups is 1. The lowest BCUT2D eigenvalue weighted by molar-refractivity contribution is -0.385. The van der Waals surface area contributed by atoms with Gasteiger partial charge in [0.2, 0.25) is 0 Å².